The quantitative estimate of drug-likeness (QED) is 0.531. The first kappa shape index (κ1) is 21.3. The average molecular weight is 416 g/mol. The van der Waals surface area contributed by atoms with E-state index < -0.39 is 12.0 Å². The third kappa shape index (κ3) is 6.02. The number of benzene rings is 2. The third-order valence-corrected chi connectivity index (χ3v) is 4.16. The Morgan fingerprint density at radius 1 is 1.03 bits per heavy atom. The lowest BCUT2D eigenvalue weighted by Gasteiger charge is -2.14. The second kappa shape index (κ2) is 10.4. The van der Waals surface area contributed by atoms with Crippen molar-refractivity contribution in [3.63, 3.8) is 0 Å². The summed E-state index contributed by atoms with van der Waals surface area (Å²) in [6, 6.07) is 11.7. The standard InChI is InChI=1S/C21H24N2O7/c1-2-27-16-5-3-14(4-6-16)21(26)23-11-20(25)22-10-15(24)12-28-17-7-8-18-19(9-17)30-13-29-18/h3-9,15,24H,2,10-13H2,1H3,(H,22,25)(H,23,26). The van der Waals surface area contributed by atoms with Crippen LogP contribution in [0.3, 0.4) is 0 Å². The fraction of sp³-hybridized carbons (Fsp3) is 0.333. The van der Waals surface area contributed by atoms with Gasteiger partial charge in [-0.25, -0.2) is 0 Å². The third-order valence-electron chi connectivity index (χ3n) is 4.16. The second-order valence-corrected chi connectivity index (χ2v) is 6.42. The van der Waals surface area contributed by atoms with Crippen molar-refractivity contribution < 1.29 is 33.6 Å². The molecular weight excluding hydrogens is 392 g/mol. The number of hydrogen-bond acceptors (Lipinski definition) is 7. The van der Waals surface area contributed by atoms with Crippen molar-refractivity contribution in [3.8, 4) is 23.0 Å². The molecule has 0 saturated heterocycles. The molecule has 1 heterocycles. The summed E-state index contributed by atoms with van der Waals surface area (Å²) < 4.78 is 21.3. The lowest BCUT2D eigenvalue weighted by atomic mass is 10.2. The van der Waals surface area contributed by atoms with Crippen molar-refractivity contribution in [1.29, 1.82) is 0 Å². The minimum atomic E-state index is -0.916. The van der Waals surface area contributed by atoms with E-state index in [-0.39, 0.29) is 32.4 Å². The zero-order chi connectivity index (χ0) is 21.3. The van der Waals surface area contributed by atoms with Crippen LogP contribution in [0.15, 0.2) is 42.5 Å². The van der Waals surface area contributed by atoms with Crippen molar-refractivity contribution >= 4 is 11.8 Å². The average Bonchev–Trinajstić information content (AvgIpc) is 3.23. The van der Waals surface area contributed by atoms with E-state index in [0.717, 1.165) is 0 Å². The van der Waals surface area contributed by atoms with Gasteiger partial charge in [0.2, 0.25) is 12.7 Å². The Kier molecular flexibility index (Phi) is 7.34. The number of aliphatic hydroxyl groups excluding tert-OH is 1. The van der Waals surface area contributed by atoms with E-state index in [2.05, 4.69) is 10.6 Å². The number of rotatable bonds is 10. The molecule has 1 unspecified atom stereocenters. The Morgan fingerprint density at radius 2 is 1.77 bits per heavy atom. The number of carbonyl (C=O) groups excluding carboxylic acids is 2. The van der Waals surface area contributed by atoms with Crippen molar-refractivity contribution in [2.45, 2.75) is 13.0 Å². The van der Waals surface area contributed by atoms with E-state index in [1.54, 1.807) is 42.5 Å². The van der Waals surface area contributed by atoms with Gasteiger partial charge in [0.1, 0.15) is 24.2 Å². The fourth-order valence-electron chi connectivity index (χ4n) is 2.64. The Bertz CT molecular complexity index is 870. The zero-order valence-corrected chi connectivity index (χ0v) is 16.6. The molecule has 2 aromatic rings. The van der Waals surface area contributed by atoms with Gasteiger partial charge < -0.3 is 34.7 Å². The molecule has 2 amide bonds. The second-order valence-electron chi connectivity index (χ2n) is 6.42. The predicted molar refractivity (Wildman–Crippen MR) is 107 cm³/mol. The summed E-state index contributed by atoms with van der Waals surface area (Å²) in [5.74, 6) is 1.62. The highest BCUT2D eigenvalue weighted by atomic mass is 16.7. The minimum Gasteiger partial charge on any atom is -0.494 e. The molecule has 0 spiro atoms. The van der Waals surface area contributed by atoms with Crippen LogP contribution < -0.4 is 29.6 Å². The Hall–Kier alpha value is -3.46. The molecule has 0 aliphatic carbocycles. The van der Waals surface area contributed by atoms with Gasteiger partial charge in [0, 0.05) is 18.2 Å². The Labute approximate surface area is 173 Å². The molecule has 1 aliphatic rings. The van der Waals surface area contributed by atoms with Crippen molar-refractivity contribution in [2.75, 3.05) is 33.1 Å². The molecule has 30 heavy (non-hydrogen) atoms. The number of carbonyl (C=O) groups is 2. The van der Waals surface area contributed by atoms with Crippen LogP contribution in [0.1, 0.15) is 17.3 Å². The predicted octanol–water partition coefficient (Wildman–Crippen LogP) is 1.10. The lowest BCUT2D eigenvalue weighted by Crippen LogP contribution is -2.41. The summed E-state index contributed by atoms with van der Waals surface area (Å²) in [5.41, 5.74) is 0.420. The van der Waals surface area contributed by atoms with Crippen molar-refractivity contribution in [2.24, 2.45) is 0 Å². The Balaban J connectivity index is 1.34. The van der Waals surface area contributed by atoms with Gasteiger partial charge in [-0.05, 0) is 43.3 Å². The van der Waals surface area contributed by atoms with Gasteiger partial charge in [0.15, 0.2) is 11.5 Å². The maximum Gasteiger partial charge on any atom is 0.251 e. The molecule has 1 aliphatic heterocycles. The Morgan fingerprint density at radius 3 is 2.53 bits per heavy atom. The van der Waals surface area contributed by atoms with E-state index in [0.29, 0.717) is 35.2 Å². The van der Waals surface area contributed by atoms with E-state index in [1.807, 2.05) is 6.92 Å². The van der Waals surface area contributed by atoms with Crippen LogP contribution in [0.25, 0.3) is 0 Å². The summed E-state index contributed by atoms with van der Waals surface area (Å²) in [7, 11) is 0. The summed E-state index contributed by atoms with van der Waals surface area (Å²) >= 11 is 0. The minimum absolute atomic E-state index is 0.0116. The van der Waals surface area contributed by atoms with Crippen LogP contribution in [0, 0.1) is 0 Å². The van der Waals surface area contributed by atoms with Gasteiger partial charge >= 0.3 is 0 Å². The fourth-order valence-corrected chi connectivity index (χ4v) is 2.64. The number of hydrogen-bond donors (Lipinski definition) is 3. The van der Waals surface area contributed by atoms with Crippen LogP contribution >= 0.6 is 0 Å². The molecule has 0 bridgehead atoms. The lowest BCUT2D eigenvalue weighted by molar-refractivity contribution is -0.120. The molecule has 2 aromatic carbocycles. The number of nitrogens with one attached hydrogen (secondary N) is 2. The van der Waals surface area contributed by atoms with Crippen molar-refractivity contribution in [3.05, 3.63) is 48.0 Å². The molecular formula is C21H24N2O7. The largest absolute Gasteiger partial charge is 0.494 e. The highest BCUT2D eigenvalue weighted by Gasteiger charge is 2.15. The monoisotopic (exact) mass is 416 g/mol. The molecule has 0 aromatic heterocycles. The smallest absolute Gasteiger partial charge is 0.251 e. The summed E-state index contributed by atoms with van der Waals surface area (Å²) in [5, 5.41) is 15.1. The van der Waals surface area contributed by atoms with Gasteiger partial charge in [0.25, 0.3) is 5.91 Å². The van der Waals surface area contributed by atoms with Gasteiger partial charge in [-0.1, -0.05) is 0 Å². The van der Waals surface area contributed by atoms with Crippen LogP contribution in [0.2, 0.25) is 0 Å². The molecule has 1 atom stereocenters. The maximum absolute atomic E-state index is 12.1. The molecule has 3 N–H and O–H groups in total. The summed E-state index contributed by atoms with van der Waals surface area (Å²) in [4.78, 5) is 24.0. The van der Waals surface area contributed by atoms with Gasteiger partial charge in [-0.15, -0.1) is 0 Å². The summed E-state index contributed by atoms with van der Waals surface area (Å²) in [6.45, 7) is 2.35. The molecule has 9 nitrogen and oxygen atoms in total. The number of fused-ring (bicyclic) bond motifs is 1. The van der Waals surface area contributed by atoms with Crippen LogP contribution in [0.4, 0.5) is 0 Å². The molecule has 0 fully saturated rings. The zero-order valence-electron chi connectivity index (χ0n) is 16.6. The van der Waals surface area contributed by atoms with E-state index in [9.17, 15) is 14.7 Å². The molecule has 0 radical (unpaired) electrons. The maximum atomic E-state index is 12.1. The van der Waals surface area contributed by atoms with Gasteiger partial charge in [0.05, 0.1) is 13.2 Å². The summed E-state index contributed by atoms with van der Waals surface area (Å²) in [6.07, 6.45) is -0.916. The molecule has 9 heteroatoms. The van der Waals surface area contributed by atoms with Crippen LogP contribution in [-0.4, -0.2) is 56.1 Å². The van der Waals surface area contributed by atoms with E-state index in [1.165, 1.54) is 0 Å². The first-order valence-electron chi connectivity index (χ1n) is 9.53. The SMILES string of the molecule is CCOc1ccc(C(=O)NCC(=O)NCC(O)COc2ccc3c(c2)OCO3)cc1. The number of amides is 2. The van der Waals surface area contributed by atoms with Gasteiger partial charge in [-0.3, -0.25) is 9.59 Å². The first-order valence-corrected chi connectivity index (χ1v) is 9.53. The van der Waals surface area contributed by atoms with E-state index in [4.69, 9.17) is 18.9 Å². The first-order chi connectivity index (χ1) is 14.5. The van der Waals surface area contributed by atoms with Crippen LogP contribution in [0.5, 0.6) is 23.0 Å². The topological polar surface area (TPSA) is 115 Å². The highest BCUT2D eigenvalue weighted by Crippen LogP contribution is 2.35. The number of aliphatic hydroxyl groups is 1. The molecule has 0 saturated carbocycles. The molecule has 160 valence electrons. The molecule has 3 rings (SSSR count). The normalized spacial score (nSPS) is 12.7. The van der Waals surface area contributed by atoms with E-state index >= 15 is 0 Å². The highest BCUT2D eigenvalue weighted by molar-refractivity contribution is 5.96. The van der Waals surface area contributed by atoms with Gasteiger partial charge in [-0.2, -0.15) is 0 Å². The van der Waals surface area contributed by atoms with Crippen LogP contribution in [-0.2, 0) is 4.79 Å². The number of ether oxygens (including phenoxy) is 4. The van der Waals surface area contributed by atoms with Crippen molar-refractivity contribution in [1.82, 2.24) is 10.6 Å².